The predicted octanol–water partition coefficient (Wildman–Crippen LogP) is 6.50. The molecule has 0 amide bonds. The van der Waals surface area contributed by atoms with Gasteiger partial charge < -0.3 is 8.83 Å². The molecule has 0 unspecified atom stereocenters. The zero-order valence-electron chi connectivity index (χ0n) is 15.1. The molecule has 6 rings (SSSR count). The summed E-state index contributed by atoms with van der Waals surface area (Å²) in [4.78, 5) is 8.24. The van der Waals surface area contributed by atoms with Gasteiger partial charge in [0.15, 0.2) is 0 Å². The molecule has 3 aromatic heterocycles. The van der Waals surface area contributed by atoms with Crippen LogP contribution in [-0.2, 0) is 0 Å². The Balaban J connectivity index is 0.000000103. The highest BCUT2D eigenvalue weighted by atomic mass is 16.3. The van der Waals surface area contributed by atoms with Crippen molar-refractivity contribution in [2.24, 2.45) is 0 Å². The number of hydrogen-bond acceptors (Lipinski definition) is 4. The minimum atomic E-state index is 0.949. The first-order valence-electron chi connectivity index (χ1n) is 8.90. The second kappa shape index (κ2) is 8.64. The molecule has 0 radical (unpaired) electrons. The van der Waals surface area contributed by atoms with Crippen molar-refractivity contribution in [1.82, 2.24) is 9.97 Å². The van der Waals surface area contributed by atoms with Crippen molar-refractivity contribution in [3.63, 3.8) is 0 Å². The minimum Gasteiger partial charge on any atom is -0.464 e. The monoisotopic (exact) mass is 366 g/mol. The standard InChI is InChI=1S/C8H6N2.2C8H6O/c1-2-4-8-7(3-1)9-5-6-10-8;2*1-2-4-8-7(3-1)5-6-9-8/h1-6H;2*1-6H. The smallest absolute Gasteiger partial charge is 0.133 e. The number of para-hydroxylation sites is 4. The molecule has 136 valence electrons. The number of benzene rings is 3. The van der Waals surface area contributed by atoms with Gasteiger partial charge in [-0.3, -0.25) is 9.97 Å². The van der Waals surface area contributed by atoms with E-state index >= 15 is 0 Å². The average Bonchev–Trinajstić information content (AvgIpc) is 3.44. The van der Waals surface area contributed by atoms with Gasteiger partial charge in [0.2, 0.25) is 0 Å². The zero-order valence-corrected chi connectivity index (χ0v) is 15.1. The molecule has 0 bridgehead atoms. The summed E-state index contributed by atoms with van der Waals surface area (Å²) >= 11 is 0. The zero-order chi connectivity index (χ0) is 19.0. The third-order valence-corrected chi connectivity index (χ3v) is 4.10. The highest BCUT2D eigenvalue weighted by molar-refractivity contribution is 5.77. The van der Waals surface area contributed by atoms with Gasteiger partial charge in [-0.15, -0.1) is 0 Å². The van der Waals surface area contributed by atoms with E-state index in [2.05, 4.69) is 9.97 Å². The van der Waals surface area contributed by atoms with Crippen LogP contribution in [0, 0.1) is 0 Å². The second-order valence-corrected chi connectivity index (χ2v) is 5.96. The van der Waals surface area contributed by atoms with Crippen LogP contribution in [0.5, 0.6) is 0 Å². The van der Waals surface area contributed by atoms with Crippen LogP contribution < -0.4 is 0 Å². The van der Waals surface area contributed by atoms with E-state index in [9.17, 15) is 0 Å². The minimum absolute atomic E-state index is 0.949. The van der Waals surface area contributed by atoms with Crippen LogP contribution in [0.3, 0.4) is 0 Å². The number of aromatic nitrogens is 2. The van der Waals surface area contributed by atoms with E-state index in [1.807, 2.05) is 84.9 Å². The summed E-state index contributed by atoms with van der Waals surface area (Å²) in [5, 5.41) is 2.33. The summed E-state index contributed by atoms with van der Waals surface area (Å²) in [6, 6.07) is 27.6. The van der Waals surface area contributed by atoms with Gasteiger partial charge in [-0.2, -0.15) is 0 Å². The molecule has 0 atom stereocenters. The summed E-state index contributed by atoms with van der Waals surface area (Å²) in [5.41, 5.74) is 3.81. The maximum absolute atomic E-state index is 5.12. The molecule has 0 spiro atoms. The van der Waals surface area contributed by atoms with Gasteiger partial charge in [-0.25, -0.2) is 0 Å². The molecule has 3 aromatic carbocycles. The van der Waals surface area contributed by atoms with Crippen molar-refractivity contribution < 1.29 is 8.83 Å². The number of furan rings is 2. The fraction of sp³-hybridized carbons (Fsp3) is 0. The Morgan fingerprint density at radius 2 is 0.893 bits per heavy atom. The molecular formula is C24H18N2O2. The van der Waals surface area contributed by atoms with Crippen LogP contribution in [0.15, 0.2) is 119 Å². The Morgan fingerprint density at radius 1 is 0.464 bits per heavy atom. The number of nitrogens with zero attached hydrogens (tertiary/aromatic N) is 2. The van der Waals surface area contributed by atoms with Crippen molar-refractivity contribution in [3.8, 4) is 0 Å². The average molecular weight is 366 g/mol. The molecule has 0 aliphatic carbocycles. The van der Waals surface area contributed by atoms with Crippen LogP contribution >= 0.6 is 0 Å². The lowest BCUT2D eigenvalue weighted by Crippen LogP contribution is -1.78. The van der Waals surface area contributed by atoms with Crippen molar-refractivity contribution in [3.05, 3.63) is 110 Å². The van der Waals surface area contributed by atoms with Gasteiger partial charge in [0.25, 0.3) is 0 Å². The lowest BCUT2D eigenvalue weighted by molar-refractivity contribution is 0.615. The SMILES string of the molecule is c1ccc2nccnc2c1.c1ccc2occc2c1.c1ccc2occc2c1. The van der Waals surface area contributed by atoms with Crippen molar-refractivity contribution in [2.45, 2.75) is 0 Å². The molecule has 0 aliphatic rings. The summed E-state index contributed by atoms with van der Waals surface area (Å²) in [6.45, 7) is 0. The van der Waals surface area contributed by atoms with E-state index in [1.54, 1.807) is 24.9 Å². The van der Waals surface area contributed by atoms with E-state index < -0.39 is 0 Å². The fourth-order valence-corrected chi connectivity index (χ4v) is 2.72. The third-order valence-electron chi connectivity index (χ3n) is 4.10. The quantitative estimate of drug-likeness (QED) is 0.308. The Hall–Kier alpha value is -3.92. The molecule has 0 aliphatic heterocycles. The van der Waals surface area contributed by atoms with Gasteiger partial charge >= 0.3 is 0 Å². The summed E-state index contributed by atoms with van der Waals surface area (Å²) in [5.74, 6) is 0. The van der Waals surface area contributed by atoms with Crippen molar-refractivity contribution in [2.75, 3.05) is 0 Å². The van der Waals surface area contributed by atoms with Crippen molar-refractivity contribution in [1.29, 1.82) is 0 Å². The molecule has 3 heterocycles. The topological polar surface area (TPSA) is 52.1 Å². The van der Waals surface area contributed by atoms with Gasteiger partial charge in [0.05, 0.1) is 23.6 Å². The van der Waals surface area contributed by atoms with Crippen LogP contribution in [0.25, 0.3) is 33.0 Å². The Bertz CT molecular complexity index is 1100. The van der Waals surface area contributed by atoms with Gasteiger partial charge in [-0.05, 0) is 36.4 Å². The van der Waals surface area contributed by atoms with E-state index in [1.165, 1.54) is 0 Å². The lowest BCUT2D eigenvalue weighted by Gasteiger charge is -1.90. The Labute approximate surface area is 162 Å². The highest BCUT2D eigenvalue weighted by Crippen LogP contribution is 2.13. The Kier molecular flexibility index (Phi) is 5.40. The van der Waals surface area contributed by atoms with Crippen LogP contribution in [0.2, 0.25) is 0 Å². The first kappa shape index (κ1) is 17.5. The second-order valence-electron chi connectivity index (χ2n) is 5.96. The first-order valence-corrected chi connectivity index (χ1v) is 8.90. The van der Waals surface area contributed by atoms with E-state index in [4.69, 9.17) is 8.83 Å². The van der Waals surface area contributed by atoms with Crippen LogP contribution in [0.4, 0.5) is 0 Å². The van der Waals surface area contributed by atoms with Crippen LogP contribution in [-0.4, -0.2) is 9.97 Å². The molecule has 0 fully saturated rings. The molecule has 4 nitrogen and oxygen atoms in total. The van der Waals surface area contributed by atoms with E-state index in [-0.39, 0.29) is 0 Å². The number of rotatable bonds is 0. The predicted molar refractivity (Wildman–Crippen MR) is 112 cm³/mol. The maximum Gasteiger partial charge on any atom is 0.133 e. The van der Waals surface area contributed by atoms with Crippen molar-refractivity contribution >= 4 is 33.0 Å². The molecule has 0 N–H and O–H groups in total. The molecule has 0 saturated carbocycles. The molecular weight excluding hydrogens is 348 g/mol. The number of hydrogen-bond donors (Lipinski definition) is 0. The van der Waals surface area contributed by atoms with Gasteiger partial charge in [0, 0.05) is 23.2 Å². The Morgan fingerprint density at radius 3 is 1.36 bits per heavy atom. The summed E-state index contributed by atoms with van der Waals surface area (Å²) in [6.07, 6.45) is 6.79. The van der Waals surface area contributed by atoms with E-state index in [0.29, 0.717) is 0 Å². The molecule has 4 heteroatoms. The normalized spacial score (nSPS) is 10.1. The maximum atomic E-state index is 5.12. The third kappa shape index (κ3) is 4.24. The molecule has 6 aromatic rings. The van der Waals surface area contributed by atoms with E-state index in [0.717, 1.165) is 33.0 Å². The largest absolute Gasteiger partial charge is 0.464 e. The van der Waals surface area contributed by atoms with Crippen LogP contribution in [0.1, 0.15) is 0 Å². The fourth-order valence-electron chi connectivity index (χ4n) is 2.72. The summed E-state index contributed by atoms with van der Waals surface area (Å²) in [7, 11) is 0. The van der Waals surface area contributed by atoms with Gasteiger partial charge in [0.1, 0.15) is 11.2 Å². The molecule has 28 heavy (non-hydrogen) atoms. The molecule has 0 saturated heterocycles. The number of fused-ring (bicyclic) bond motifs is 3. The highest BCUT2D eigenvalue weighted by Gasteiger charge is 1.90. The van der Waals surface area contributed by atoms with Gasteiger partial charge in [-0.1, -0.05) is 48.5 Å². The summed E-state index contributed by atoms with van der Waals surface area (Å²) < 4.78 is 10.2. The first-order chi connectivity index (χ1) is 13.9. The lowest BCUT2D eigenvalue weighted by atomic mass is 10.3.